The summed E-state index contributed by atoms with van der Waals surface area (Å²) < 4.78 is 0. The summed E-state index contributed by atoms with van der Waals surface area (Å²) in [6.45, 7) is 8.54. The van der Waals surface area contributed by atoms with Gasteiger partial charge in [0.05, 0.1) is 0 Å². The summed E-state index contributed by atoms with van der Waals surface area (Å²) in [7, 11) is 0. The van der Waals surface area contributed by atoms with Crippen molar-refractivity contribution >= 4 is 0 Å². The van der Waals surface area contributed by atoms with Crippen LogP contribution in [0.25, 0.3) is 0 Å². The Morgan fingerprint density at radius 2 is 1.67 bits per heavy atom. The fraction of sp³-hybridized carbons (Fsp3) is 1.00. The molecule has 0 aromatic carbocycles. The summed E-state index contributed by atoms with van der Waals surface area (Å²) >= 11 is 0. The lowest BCUT2D eigenvalue weighted by molar-refractivity contribution is 0.164. The van der Waals surface area contributed by atoms with Gasteiger partial charge < -0.3 is 10.2 Å². The van der Waals surface area contributed by atoms with Crippen molar-refractivity contribution in [2.24, 2.45) is 5.92 Å². The van der Waals surface area contributed by atoms with E-state index in [2.05, 4.69) is 24.1 Å². The highest BCUT2D eigenvalue weighted by atomic mass is 15.1. The predicted molar refractivity (Wildman–Crippen MR) is 65.1 cm³/mol. The molecular formula is C13H26N2. The highest BCUT2D eigenvalue weighted by Gasteiger charge is 2.24. The van der Waals surface area contributed by atoms with Crippen LogP contribution in [-0.4, -0.2) is 36.6 Å². The molecule has 15 heavy (non-hydrogen) atoms. The first-order valence-corrected chi connectivity index (χ1v) is 6.72. The molecule has 2 heteroatoms. The lowest BCUT2D eigenvalue weighted by atomic mass is 9.91. The number of likely N-dealkylation sites (tertiary alicyclic amines) is 1. The van der Waals surface area contributed by atoms with Crippen molar-refractivity contribution in [1.82, 2.24) is 10.2 Å². The minimum atomic E-state index is 0.818. The molecule has 0 aromatic heterocycles. The summed E-state index contributed by atoms with van der Waals surface area (Å²) in [5.41, 5.74) is 0. The summed E-state index contributed by atoms with van der Waals surface area (Å²) in [6, 6.07) is 1.69. The summed E-state index contributed by atoms with van der Waals surface area (Å²) in [5.74, 6) is 0.821. The number of piperidine rings is 1. The van der Waals surface area contributed by atoms with Crippen LogP contribution in [0.1, 0.15) is 46.0 Å². The van der Waals surface area contributed by atoms with E-state index in [1.165, 1.54) is 51.7 Å². The average Bonchev–Trinajstić information content (AvgIpc) is 2.13. The van der Waals surface area contributed by atoms with Crippen molar-refractivity contribution in [2.75, 3.05) is 19.6 Å². The van der Waals surface area contributed by atoms with E-state index in [-0.39, 0.29) is 0 Å². The van der Waals surface area contributed by atoms with Gasteiger partial charge in [0, 0.05) is 18.6 Å². The van der Waals surface area contributed by atoms with E-state index in [4.69, 9.17) is 0 Å². The zero-order valence-corrected chi connectivity index (χ0v) is 10.3. The van der Waals surface area contributed by atoms with E-state index >= 15 is 0 Å². The van der Waals surface area contributed by atoms with Crippen LogP contribution in [0.4, 0.5) is 0 Å². The first-order chi connectivity index (χ1) is 7.24. The van der Waals surface area contributed by atoms with E-state index < -0.39 is 0 Å². The van der Waals surface area contributed by atoms with Gasteiger partial charge in [-0.1, -0.05) is 20.3 Å². The lowest BCUT2D eigenvalue weighted by Gasteiger charge is -2.37. The van der Waals surface area contributed by atoms with Gasteiger partial charge in [-0.2, -0.15) is 0 Å². The topological polar surface area (TPSA) is 15.3 Å². The molecule has 1 saturated heterocycles. The third kappa shape index (κ3) is 3.46. The minimum absolute atomic E-state index is 0.818. The number of nitrogens with zero attached hydrogens (tertiary/aromatic N) is 1. The van der Waals surface area contributed by atoms with E-state index in [1.54, 1.807) is 0 Å². The predicted octanol–water partition coefficient (Wildman–Crippen LogP) is 2.25. The van der Waals surface area contributed by atoms with Crippen LogP contribution in [0, 0.1) is 5.92 Å². The highest BCUT2D eigenvalue weighted by molar-refractivity contribution is 4.84. The van der Waals surface area contributed by atoms with E-state index in [9.17, 15) is 0 Å². The van der Waals surface area contributed by atoms with Crippen LogP contribution in [0.15, 0.2) is 0 Å². The van der Waals surface area contributed by atoms with Gasteiger partial charge in [0.25, 0.3) is 0 Å². The molecule has 0 radical (unpaired) electrons. The van der Waals surface area contributed by atoms with Crippen molar-refractivity contribution in [1.29, 1.82) is 0 Å². The smallest absolute Gasteiger partial charge is 0.00940 e. The molecule has 1 N–H and O–H groups in total. The van der Waals surface area contributed by atoms with Gasteiger partial charge in [-0.25, -0.2) is 0 Å². The Hall–Kier alpha value is -0.0800. The second kappa shape index (κ2) is 5.31. The third-order valence-electron chi connectivity index (χ3n) is 3.79. The molecule has 2 rings (SSSR count). The molecule has 0 spiro atoms. The van der Waals surface area contributed by atoms with Crippen LogP contribution in [0.5, 0.6) is 0 Å². The molecule has 1 saturated carbocycles. The maximum Gasteiger partial charge on any atom is 0.00940 e. The summed E-state index contributed by atoms with van der Waals surface area (Å²) in [4.78, 5) is 2.63. The van der Waals surface area contributed by atoms with Crippen molar-refractivity contribution in [3.8, 4) is 0 Å². The van der Waals surface area contributed by atoms with Gasteiger partial charge in [-0.3, -0.25) is 0 Å². The Bertz CT molecular complexity index is 179. The van der Waals surface area contributed by atoms with E-state index in [0.29, 0.717) is 0 Å². The first-order valence-electron chi connectivity index (χ1n) is 6.72. The van der Waals surface area contributed by atoms with E-state index in [0.717, 1.165) is 18.0 Å². The van der Waals surface area contributed by atoms with Crippen molar-refractivity contribution in [3.63, 3.8) is 0 Å². The fourth-order valence-corrected chi connectivity index (χ4v) is 2.71. The van der Waals surface area contributed by atoms with Gasteiger partial charge in [-0.15, -0.1) is 0 Å². The molecule has 88 valence electrons. The zero-order chi connectivity index (χ0) is 10.7. The Morgan fingerprint density at radius 3 is 2.13 bits per heavy atom. The second-order valence-electron chi connectivity index (χ2n) is 5.76. The Balaban J connectivity index is 1.62. The molecule has 2 fully saturated rings. The molecular weight excluding hydrogens is 184 g/mol. The Kier molecular flexibility index (Phi) is 4.04. The van der Waals surface area contributed by atoms with Crippen molar-refractivity contribution < 1.29 is 0 Å². The molecule has 2 nitrogen and oxygen atoms in total. The van der Waals surface area contributed by atoms with Crippen molar-refractivity contribution in [3.05, 3.63) is 0 Å². The maximum absolute atomic E-state index is 3.80. The molecule has 1 aliphatic heterocycles. The van der Waals surface area contributed by atoms with Crippen LogP contribution in [-0.2, 0) is 0 Å². The van der Waals surface area contributed by atoms with Crippen molar-refractivity contribution in [2.45, 2.75) is 58.0 Å². The van der Waals surface area contributed by atoms with Crippen LogP contribution < -0.4 is 5.32 Å². The largest absolute Gasteiger partial charge is 0.311 e. The summed E-state index contributed by atoms with van der Waals surface area (Å²) in [5, 5.41) is 3.80. The molecule has 0 bridgehead atoms. The van der Waals surface area contributed by atoms with Crippen LogP contribution >= 0.6 is 0 Å². The molecule has 0 atom stereocenters. The first kappa shape index (κ1) is 11.4. The zero-order valence-electron chi connectivity index (χ0n) is 10.3. The van der Waals surface area contributed by atoms with E-state index in [1.807, 2.05) is 0 Å². The van der Waals surface area contributed by atoms with Gasteiger partial charge in [0.2, 0.25) is 0 Å². The Morgan fingerprint density at radius 1 is 1.07 bits per heavy atom. The van der Waals surface area contributed by atoms with Crippen LogP contribution in [0.2, 0.25) is 0 Å². The Labute approximate surface area is 94.4 Å². The molecule has 1 heterocycles. The molecule has 2 aliphatic rings. The standard InChI is InChI=1S/C13H26N2/c1-11(2)10-15-8-6-13(7-9-15)14-12-4-3-5-12/h11-14H,3-10H2,1-2H3. The number of hydrogen-bond acceptors (Lipinski definition) is 2. The van der Waals surface area contributed by atoms with Gasteiger partial charge in [0.1, 0.15) is 0 Å². The van der Waals surface area contributed by atoms with Gasteiger partial charge in [0.15, 0.2) is 0 Å². The molecule has 0 amide bonds. The van der Waals surface area contributed by atoms with Gasteiger partial charge >= 0.3 is 0 Å². The number of nitrogens with one attached hydrogen (secondary N) is 1. The lowest BCUT2D eigenvalue weighted by Crippen LogP contribution is -2.48. The molecule has 0 unspecified atom stereocenters. The second-order valence-corrected chi connectivity index (χ2v) is 5.76. The molecule has 1 aliphatic carbocycles. The number of rotatable bonds is 4. The van der Waals surface area contributed by atoms with Gasteiger partial charge in [-0.05, 0) is 44.7 Å². The molecule has 0 aromatic rings. The fourth-order valence-electron chi connectivity index (χ4n) is 2.71. The normalized spacial score (nSPS) is 25.8. The SMILES string of the molecule is CC(C)CN1CCC(NC2CCC2)CC1. The third-order valence-corrected chi connectivity index (χ3v) is 3.79. The summed E-state index contributed by atoms with van der Waals surface area (Å²) in [6.07, 6.45) is 7.02. The minimum Gasteiger partial charge on any atom is -0.311 e. The highest BCUT2D eigenvalue weighted by Crippen LogP contribution is 2.21. The quantitative estimate of drug-likeness (QED) is 0.765. The average molecular weight is 210 g/mol. The van der Waals surface area contributed by atoms with Crippen LogP contribution in [0.3, 0.4) is 0 Å². The maximum atomic E-state index is 3.80. The monoisotopic (exact) mass is 210 g/mol. The number of hydrogen-bond donors (Lipinski definition) is 1.